The van der Waals surface area contributed by atoms with Crippen molar-refractivity contribution in [1.82, 2.24) is 14.8 Å². The maximum absolute atomic E-state index is 11.5. The summed E-state index contributed by atoms with van der Waals surface area (Å²) >= 11 is 11.7. The standard InChI is InChI=1S/C11H15Cl2N3O/c1-15(2)10(17)7-16(3)6-8-4-5-9(12)14-11(8)13/h4-5H,6-7H2,1-3H3. The fraction of sp³-hybridized carbons (Fsp3) is 0.455. The number of rotatable bonds is 4. The summed E-state index contributed by atoms with van der Waals surface area (Å²) in [6.07, 6.45) is 0. The number of hydrogen-bond acceptors (Lipinski definition) is 3. The number of halogens is 2. The van der Waals surface area contributed by atoms with Crippen LogP contribution in [0, 0.1) is 0 Å². The highest BCUT2D eigenvalue weighted by atomic mass is 35.5. The van der Waals surface area contributed by atoms with Crippen LogP contribution in [0.4, 0.5) is 0 Å². The quantitative estimate of drug-likeness (QED) is 0.788. The monoisotopic (exact) mass is 275 g/mol. The molecule has 0 aliphatic heterocycles. The van der Waals surface area contributed by atoms with E-state index in [4.69, 9.17) is 23.2 Å². The third-order valence-electron chi connectivity index (χ3n) is 2.24. The second kappa shape index (κ2) is 6.19. The average molecular weight is 276 g/mol. The number of carbonyl (C=O) groups excluding carboxylic acids is 1. The lowest BCUT2D eigenvalue weighted by molar-refractivity contribution is -0.129. The molecular formula is C11H15Cl2N3O. The molecule has 1 heterocycles. The van der Waals surface area contributed by atoms with Crippen LogP contribution in [0.15, 0.2) is 12.1 Å². The van der Waals surface area contributed by atoms with E-state index in [1.54, 1.807) is 25.1 Å². The summed E-state index contributed by atoms with van der Waals surface area (Å²) in [6, 6.07) is 3.50. The molecule has 0 saturated carbocycles. The smallest absolute Gasteiger partial charge is 0.236 e. The molecule has 0 spiro atoms. The molecule has 94 valence electrons. The van der Waals surface area contributed by atoms with Crippen molar-refractivity contribution in [3.63, 3.8) is 0 Å². The van der Waals surface area contributed by atoms with Crippen molar-refractivity contribution in [2.45, 2.75) is 6.54 Å². The summed E-state index contributed by atoms with van der Waals surface area (Å²) in [5.74, 6) is 0.0468. The molecule has 0 unspecified atom stereocenters. The second-order valence-electron chi connectivity index (χ2n) is 4.04. The molecule has 0 aliphatic rings. The van der Waals surface area contributed by atoms with Crippen LogP contribution in [0.2, 0.25) is 10.3 Å². The molecule has 1 aromatic rings. The normalized spacial score (nSPS) is 10.7. The number of likely N-dealkylation sites (N-methyl/N-ethyl adjacent to an activating group) is 2. The Balaban J connectivity index is 2.62. The summed E-state index contributed by atoms with van der Waals surface area (Å²) < 4.78 is 0. The predicted molar refractivity (Wildman–Crippen MR) is 69.3 cm³/mol. The van der Waals surface area contributed by atoms with Crippen molar-refractivity contribution in [2.75, 3.05) is 27.7 Å². The molecule has 1 rings (SSSR count). The zero-order valence-corrected chi connectivity index (χ0v) is 11.6. The molecule has 4 nitrogen and oxygen atoms in total. The van der Waals surface area contributed by atoms with Crippen molar-refractivity contribution in [3.8, 4) is 0 Å². The molecule has 0 radical (unpaired) electrons. The molecule has 1 aromatic heterocycles. The zero-order valence-electron chi connectivity index (χ0n) is 10.1. The van der Waals surface area contributed by atoms with E-state index in [1.165, 1.54) is 0 Å². The van der Waals surface area contributed by atoms with Crippen LogP contribution in [0.3, 0.4) is 0 Å². The third kappa shape index (κ3) is 4.50. The lowest BCUT2D eigenvalue weighted by Crippen LogP contribution is -2.34. The first-order chi connectivity index (χ1) is 7.90. The average Bonchev–Trinajstić information content (AvgIpc) is 2.22. The van der Waals surface area contributed by atoms with Gasteiger partial charge in [0.2, 0.25) is 5.91 Å². The highest BCUT2D eigenvalue weighted by Gasteiger charge is 2.11. The number of nitrogens with zero attached hydrogens (tertiary/aromatic N) is 3. The van der Waals surface area contributed by atoms with Crippen molar-refractivity contribution in [2.24, 2.45) is 0 Å². The Kier molecular flexibility index (Phi) is 5.18. The van der Waals surface area contributed by atoms with E-state index in [0.717, 1.165) is 5.56 Å². The molecule has 0 N–H and O–H groups in total. The lowest BCUT2D eigenvalue weighted by atomic mass is 10.2. The minimum Gasteiger partial charge on any atom is -0.348 e. The fourth-order valence-electron chi connectivity index (χ4n) is 1.28. The van der Waals surface area contributed by atoms with E-state index >= 15 is 0 Å². The van der Waals surface area contributed by atoms with Crippen LogP contribution >= 0.6 is 23.2 Å². The number of aromatic nitrogens is 1. The molecule has 0 saturated heterocycles. The van der Waals surface area contributed by atoms with Gasteiger partial charge in [0.25, 0.3) is 0 Å². The van der Waals surface area contributed by atoms with Gasteiger partial charge in [-0.1, -0.05) is 29.3 Å². The van der Waals surface area contributed by atoms with Gasteiger partial charge in [-0.2, -0.15) is 0 Å². The van der Waals surface area contributed by atoms with Gasteiger partial charge in [0, 0.05) is 26.2 Å². The van der Waals surface area contributed by atoms with Crippen LogP contribution in [-0.4, -0.2) is 48.4 Å². The van der Waals surface area contributed by atoms with Crippen LogP contribution in [0.5, 0.6) is 0 Å². The van der Waals surface area contributed by atoms with E-state index in [1.807, 2.05) is 18.0 Å². The Morgan fingerprint density at radius 3 is 2.47 bits per heavy atom. The first-order valence-electron chi connectivity index (χ1n) is 5.09. The topological polar surface area (TPSA) is 36.4 Å². The SMILES string of the molecule is CN(CC(=O)N(C)C)Cc1ccc(Cl)nc1Cl. The van der Waals surface area contributed by atoms with E-state index in [2.05, 4.69) is 4.98 Å². The van der Waals surface area contributed by atoms with Gasteiger partial charge in [-0.25, -0.2) is 4.98 Å². The maximum atomic E-state index is 11.5. The largest absolute Gasteiger partial charge is 0.348 e. The maximum Gasteiger partial charge on any atom is 0.236 e. The molecule has 0 bridgehead atoms. The third-order valence-corrected chi connectivity index (χ3v) is 2.77. The van der Waals surface area contributed by atoms with Gasteiger partial charge in [-0.15, -0.1) is 0 Å². The molecule has 6 heteroatoms. The molecule has 1 amide bonds. The molecule has 0 aliphatic carbocycles. The van der Waals surface area contributed by atoms with Crippen molar-refractivity contribution < 1.29 is 4.79 Å². The predicted octanol–water partition coefficient (Wildman–Crippen LogP) is 1.91. The minimum absolute atomic E-state index is 0.0468. The minimum atomic E-state index is 0.0468. The summed E-state index contributed by atoms with van der Waals surface area (Å²) in [7, 11) is 5.31. The van der Waals surface area contributed by atoms with Crippen LogP contribution in [-0.2, 0) is 11.3 Å². The van der Waals surface area contributed by atoms with E-state index in [0.29, 0.717) is 23.4 Å². The Morgan fingerprint density at radius 1 is 1.29 bits per heavy atom. The van der Waals surface area contributed by atoms with E-state index < -0.39 is 0 Å². The number of carbonyl (C=O) groups is 1. The summed E-state index contributed by atoms with van der Waals surface area (Å²) in [5, 5.41) is 0.743. The van der Waals surface area contributed by atoms with Gasteiger partial charge >= 0.3 is 0 Å². The molecule has 0 atom stereocenters. The summed E-state index contributed by atoms with van der Waals surface area (Å²) in [6.45, 7) is 0.897. The van der Waals surface area contributed by atoms with E-state index in [9.17, 15) is 4.79 Å². The highest BCUT2D eigenvalue weighted by molar-refractivity contribution is 6.32. The summed E-state index contributed by atoms with van der Waals surface area (Å²) in [4.78, 5) is 18.9. The van der Waals surface area contributed by atoms with Crippen LogP contribution < -0.4 is 0 Å². The van der Waals surface area contributed by atoms with Gasteiger partial charge < -0.3 is 4.90 Å². The first-order valence-corrected chi connectivity index (χ1v) is 5.85. The number of pyridine rings is 1. The fourth-order valence-corrected chi connectivity index (χ4v) is 1.68. The molecule has 17 heavy (non-hydrogen) atoms. The van der Waals surface area contributed by atoms with Gasteiger partial charge in [0.1, 0.15) is 10.3 Å². The Bertz CT molecular complexity index is 410. The Morgan fingerprint density at radius 2 is 1.94 bits per heavy atom. The Hall–Kier alpha value is -0.840. The van der Waals surface area contributed by atoms with Crippen molar-refractivity contribution >= 4 is 29.1 Å². The van der Waals surface area contributed by atoms with Crippen LogP contribution in [0.1, 0.15) is 5.56 Å². The van der Waals surface area contributed by atoms with Gasteiger partial charge in [-0.05, 0) is 13.1 Å². The molecule has 0 fully saturated rings. The Labute approximate surface area is 111 Å². The van der Waals surface area contributed by atoms with Gasteiger partial charge in [-0.3, -0.25) is 9.69 Å². The van der Waals surface area contributed by atoms with Gasteiger partial charge in [0.05, 0.1) is 6.54 Å². The van der Waals surface area contributed by atoms with Crippen LogP contribution in [0.25, 0.3) is 0 Å². The first kappa shape index (κ1) is 14.2. The second-order valence-corrected chi connectivity index (χ2v) is 4.79. The highest BCUT2D eigenvalue weighted by Crippen LogP contribution is 2.17. The van der Waals surface area contributed by atoms with Gasteiger partial charge in [0.15, 0.2) is 0 Å². The summed E-state index contributed by atoms with van der Waals surface area (Å²) in [5.41, 5.74) is 0.852. The molecular weight excluding hydrogens is 261 g/mol. The van der Waals surface area contributed by atoms with Crippen molar-refractivity contribution in [3.05, 3.63) is 28.0 Å². The lowest BCUT2D eigenvalue weighted by Gasteiger charge is -2.19. The zero-order chi connectivity index (χ0) is 13.0. The molecule has 0 aromatic carbocycles. The van der Waals surface area contributed by atoms with Crippen molar-refractivity contribution in [1.29, 1.82) is 0 Å². The van der Waals surface area contributed by atoms with E-state index in [-0.39, 0.29) is 5.91 Å². The number of hydrogen-bond donors (Lipinski definition) is 0. The number of amides is 1.